The zero-order chi connectivity index (χ0) is 20.1. The second-order valence-corrected chi connectivity index (χ2v) is 8.19. The third kappa shape index (κ3) is 2.99. The molecule has 2 aliphatic heterocycles. The monoisotopic (exact) mass is 389 g/mol. The first-order chi connectivity index (χ1) is 14.0. The number of aryl methyl sites for hydroxylation is 2. The fourth-order valence-corrected chi connectivity index (χ4v) is 4.87. The van der Waals surface area contributed by atoms with Crippen LogP contribution in [0.1, 0.15) is 39.8 Å². The molecule has 0 unspecified atom stereocenters. The lowest BCUT2D eigenvalue weighted by Crippen LogP contribution is -2.49. The first-order valence-electron chi connectivity index (χ1n) is 10.0. The van der Waals surface area contributed by atoms with Gasteiger partial charge in [0.2, 0.25) is 0 Å². The van der Waals surface area contributed by atoms with Crippen LogP contribution in [-0.2, 0) is 6.54 Å². The lowest BCUT2D eigenvalue weighted by molar-refractivity contribution is 0.0592. The van der Waals surface area contributed by atoms with E-state index in [2.05, 4.69) is 11.2 Å². The topological polar surface area (TPSA) is 68.3 Å². The Bertz CT molecular complexity index is 1130. The Morgan fingerprint density at radius 3 is 2.59 bits per heavy atom. The van der Waals surface area contributed by atoms with Crippen LogP contribution >= 0.6 is 0 Å². The highest BCUT2D eigenvalue weighted by Crippen LogP contribution is 2.37. The van der Waals surface area contributed by atoms with E-state index in [-0.39, 0.29) is 23.3 Å². The molecule has 1 amide bonds. The van der Waals surface area contributed by atoms with Gasteiger partial charge in [0.25, 0.3) is 11.5 Å². The standard InChI is InChI=1S/C23H23N3O3/c1-14-22(15(2)29-24-14)23(28)25-11-16-8-19(13-25)20-9-18(10-21(27)26(20)12-16)17-6-4-3-5-7-17/h3-7,9-10,16,19H,8,11-13H2,1-2H3/t16-,19+/m0/s1. The highest BCUT2D eigenvalue weighted by molar-refractivity contribution is 5.96. The van der Waals surface area contributed by atoms with Crippen molar-refractivity contribution in [2.75, 3.05) is 13.1 Å². The molecule has 148 valence electrons. The third-order valence-corrected chi connectivity index (χ3v) is 6.20. The first kappa shape index (κ1) is 17.9. The number of pyridine rings is 1. The molecule has 5 rings (SSSR count). The van der Waals surface area contributed by atoms with Gasteiger partial charge in [-0.3, -0.25) is 9.59 Å². The zero-order valence-corrected chi connectivity index (χ0v) is 16.6. The summed E-state index contributed by atoms with van der Waals surface area (Å²) >= 11 is 0. The van der Waals surface area contributed by atoms with Crippen LogP contribution in [0.25, 0.3) is 11.1 Å². The van der Waals surface area contributed by atoms with E-state index in [9.17, 15) is 9.59 Å². The molecule has 0 aliphatic carbocycles. The van der Waals surface area contributed by atoms with Crippen molar-refractivity contribution in [3.63, 3.8) is 0 Å². The number of benzene rings is 1. The normalized spacial score (nSPS) is 20.4. The van der Waals surface area contributed by atoms with Crippen molar-refractivity contribution < 1.29 is 9.32 Å². The number of likely N-dealkylation sites (tertiary alicyclic amines) is 1. The second kappa shape index (κ2) is 6.72. The summed E-state index contributed by atoms with van der Waals surface area (Å²) < 4.78 is 7.10. The van der Waals surface area contributed by atoms with Crippen molar-refractivity contribution >= 4 is 5.91 Å². The first-order valence-corrected chi connectivity index (χ1v) is 10.0. The number of fused-ring (bicyclic) bond motifs is 4. The summed E-state index contributed by atoms with van der Waals surface area (Å²) in [5.74, 6) is 0.978. The quantitative estimate of drug-likeness (QED) is 0.674. The molecule has 2 aliphatic rings. The van der Waals surface area contributed by atoms with Crippen LogP contribution in [0.3, 0.4) is 0 Å². The van der Waals surface area contributed by atoms with E-state index in [1.54, 1.807) is 19.9 Å². The Hall–Kier alpha value is -3.15. The average molecular weight is 389 g/mol. The molecule has 29 heavy (non-hydrogen) atoms. The lowest BCUT2D eigenvalue weighted by Gasteiger charge is -2.43. The summed E-state index contributed by atoms with van der Waals surface area (Å²) in [7, 11) is 0. The molecule has 6 heteroatoms. The molecule has 0 N–H and O–H groups in total. The van der Waals surface area contributed by atoms with Crippen LogP contribution in [0.4, 0.5) is 0 Å². The molecule has 0 spiro atoms. The highest BCUT2D eigenvalue weighted by Gasteiger charge is 2.38. The number of hydrogen-bond donors (Lipinski definition) is 0. The van der Waals surface area contributed by atoms with Crippen molar-refractivity contribution in [1.82, 2.24) is 14.6 Å². The Labute approximate surface area is 168 Å². The van der Waals surface area contributed by atoms with Gasteiger partial charge in [0, 0.05) is 37.3 Å². The van der Waals surface area contributed by atoms with E-state index in [1.165, 1.54) is 0 Å². The number of amides is 1. The summed E-state index contributed by atoms with van der Waals surface area (Å²) in [5.41, 5.74) is 4.25. The van der Waals surface area contributed by atoms with Crippen molar-refractivity contribution in [3.8, 4) is 11.1 Å². The van der Waals surface area contributed by atoms with E-state index in [4.69, 9.17) is 4.52 Å². The second-order valence-electron chi connectivity index (χ2n) is 8.19. The Morgan fingerprint density at radius 1 is 1.07 bits per heavy atom. The molecule has 3 aromatic rings. The van der Waals surface area contributed by atoms with Crippen LogP contribution in [0.2, 0.25) is 0 Å². The molecule has 1 saturated heterocycles. The molecule has 1 fully saturated rings. The number of aromatic nitrogens is 2. The van der Waals surface area contributed by atoms with Gasteiger partial charge in [-0.1, -0.05) is 35.5 Å². The molecule has 4 heterocycles. The smallest absolute Gasteiger partial charge is 0.259 e. The fourth-order valence-electron chi connectivity index (χ4n) is 4.87. The molecule has 6 nitrogen and oxygen atoms in total. The molecule has 2 bridgehead atoms. The minimum Gasteiger partial charge on any atom is -0.361 e. The van der Waals surface area contributed by atoms with Gasteiger partial charge in [-0.25, -0.2) is 0 Å². The van der Waals surface area contributed by atoms with Crippen LogP contribution in [0.5, 0.6) is 0 Å². The maximum Gasteiger partial charge on any atom is 0.259 e. The minimum atomic E-state index is -0.0223. The van der Waals surface area contributed by atoms with Crippen molar-refractivity contribution in [2.45, 2.75) is 32.7 Å². The summed E-state index contributed by atoms with van der Waals surface area (Å²) in [6.07, 6.45) is 1.00. The van der Waals surface area contributed by atoms with E-state index >= 15 is 0 Å². The Balaban J connectivity index is 1.50. The molecular formula is C23H23N3O3. The van der Waals surface area contributed by atoms with Crippen LogP contribution in [-0.4, -0.2) is 33.6 Å². The maximum atomic E-state index is 13.2. The number of piperidine rings is 1. The van der Waals surface area contributed by atoms with Gasteiger partial charge >= 0.3 is 0 Å². The molecule has 0 radical (unpaired) electrons. The fraction of sp³-hybridized carbons (Fsp3) is 0.348. The predicted molar refractivity (Wildman–Crippen MR) is 109 cm³/mol. The van der Waals surface area contributed by atoms with Gasteiger partial charge in [0.05, 0.1) is 5.69 Å². The SMILES string of the molecule is Cc1noc(C)c1C(=O)N1C[C@@H]2C[C@H](C1)c1cc(-c3ccccc3)cc(=O)n1C2. The van der Waals surface area contributed by atoms with Gasteiger partial charge in [0.1, 0.15) is 11.3 Å². The third-order valence-electron chi connectivity index (χ3n) is 6.20. The van der Waals surface area contributed by atoms with Crippen LogP contribution < -0.4 is 5.56 Å². The summed E-state index contributed by atoms with van der Waals surface area (Å²) in [6.45, 7) is 5.50. The minimum absolute atomic E-state index is 0.0223. The predicted octanol–water partition coefficient (Wildman–Crippen LogP) is 3.38. The number of nitrogens with zero attached hydrogens (tertiary/aromatic N) is 3. The number of rotatable bonds is 2. The molecule has 0 saturated carbocycles. The number of hydrogen-bond acceptors (Lipinski definition) is 4. The van der Waals surface area contributed by atoms with Crippen molar-refractivity contribution in [2.24, 2.45) is 5.92 Å². The van der Waals surface area contributed by atoms with Crippen LogP contribution in [0, 0.1) is 19.8 Å². The van der Waals surface area contributed by atoms with E-state index in [1.807, 2.05) is 39.8 Å². The number of carbonyl (C=O) groups excluding carboxylic acids is 1. The van der Waals surface area contributed by atoms with Crippen molar-refractivity contribution in [1.29, 1.82) is 0 Å². The van der Waals surface area contributed by atoms with Crippen molar-refractivity contribution in [3.05, 3.63) is 75.5 Å². The zero-order valence-electron chi connectivity index (χ0n) is 16.6. The largest absolute Gasteiger partial charge is 0.361 e. The van der Waals surface area contributed by atoms with E-state index in [0.717, 1.165) is 23.2 Å². The molecular weight excluding hydrogens is 366 g/mol. The summed E-state index contributed by atoms with van der Waals surface area (Å²) in [6, 6.07) is 13.8. The summed E-state index contributed by atoms with van der Waals surface area (Å²) in [5, 5.41) is 3.93. The Kier molecular flexibility index (Phi) is 4.15. The molecule has 2 aromatic heterocycles. The van der Waals surface area contributed by atoms with Crippen LogP contribution in [0.15, 0.2) is 51.8 Å². The van der Waals surface area contributed by atoms with Gasteiger partial charge in [-0.05, 0) is 43.4 Å². The van der Waals surface area contributed by atoms with Gasteiger partial charge in [-0.15, -0.1) is 0 Å². The number of carbonyl (C=O) groups is 1. The molecule has 1 aromatic carbocycles. The lowest BCUT2D eigenvalue weighted by atomic mass is 9.82. The summed E-state index contributed by atoms with van der Waals surface area (Å²) in [4.78, 5) is 27.9. The van der Waals surface area contributed by atoms with Gasteiger partial charge in [-0.2, -0.15) is 0 Å². The van der Waals surface area contributed by atoms with Gasteiger partial charge < -0.3 is 14.0 Å². The van der Waals surface area contributed by atoms with E-state index in [0.29, 0.717) is 36.7 Å². The Morgan fingerprint density at radius 2 is 1.86 bits per heavy atom. The highest BCUT2D eigenvalue weighted by atomic mass is 16.5. The van der Waals surface area contributed by atoms with E-state index < -0.39 is 0 Å². The maximum absolute atomic E-state index is 13.2. The average Bonchev–Trinajstić information content (AvgIpc) is 3.06. The van der Waals surface area contributed by atoms with Gasteiger partial charge in [0.15, 0.2) is 0 Å². The molecule has 2 atom stereocenters.